The van der Waals surface area contributed by atoms with Crippen molar-refractivity contribution in [1.82, 2.24) is 4.90 Å². The fourth-order valence-corrected chi connectivity index (χ4v) is 8.21. The molecule has 0 fully saturated rings. The van der Waals surface area contributed by atoms with E-state index in [1.807, 2.05) is 66.7 Å². The van der Waals surface area contributed by atoms with Gasteiger partial charge in [0, 0.05) is 24.7 Å². The highest BCUT2D eigenvalue weighted by Crippen LogP contribution is 2.40. The van der Waals surface area contributed by atoms with Gasteiger partial charge in [-0.15, -0.1) is 0 Å². The van der Waals surface area contributed by atoms with Crippen LogP contribution in [0.1, 0.15) is 49.1 Å². The van der Waals surface area contributed by atoms with Gasteiger partial charge >= 0.3 is 0 Å². The van der Waals surface area contributed by atoms with Crippen LogP contribution >= 0.6 is 11.6 Å². The highest BCUT2D eigenvalue weighted by Gasteiger charge is 2.40. The molecule has 0 radical (unpaired) electrons. The molecule has 0 N–H and O–H groups in total. The van der Waals surface area contributed by atoms with Crippen LogP contribution in [0.25, 0.3) is 0 Å². The van der Waals surface area contributed by atoms with E-state index in [0.717, 1.165) is 36.2 Å². The molecule has 8 heteroatoms. The molecule has 262 valence electrons. The molecule has 0 amide bonds. The molecule has 0 aromatic heterocycles. The number of halogens is 1. The van der Waals surface area contributed by atoms with Gasteiger partial charge in [0.1, 0.15) is 12.4 Å². The lowest BCUT2D eigenvalue weighted by atomic mass is 10.1. The van der Waals surface area contributed by atoms with Gasteiger partial charge in [-0.25, -0.2) is 8.42 Å². The van der Waals surface area contributed by atoms with Gasteiger partial charge in [-0.1, -0.05) is 117 Å². The Hall–Kier alpha value is -3.72. The Bertz CT molecular complexity index is 1910. The van der Waals surface area contributed by atoms with E-state index in [-0.39, 0.29) is 20.9 Å². The summed E-state index contributed by atoms with van der Waals surface area (Å²) in [6, 6.07) is 42.2. The fourth-order valence-electron chi connectivity index (χ4n) is 5.48. The summed E-state index contributed by atoms with van der Waals surface area (Å²) in [5, 5.41) is 0.747. The molecule has 0 aliphatic carbocycles. The molecule has 0 aliphatic heterocycles. The van der Waals surface area contributed by atoms with Crippen molar-refractivity contribution in [3.63, 3.8) is 0 Å². The zero-order chi connectivity index (χ0) is 35.8. The minimum absolute atomic E-state index is 0.0500. The van der Waals surface area contributed by atoms with E-state index in [1.54, 1.807) is 36.4 Å². The van der Waals surface area contributed by atoms with E-state index >= 15 is 0 Å². The van der Waals surface area contributed by atoms with Crippen molar-refractivity contribution in [2.24, 2.45) is 0 Å². The molecule has 0 saturated carbocycles. The number of hydrogen-bond acceptors (Lipinski definition) is 5. The van der Waals surface area contributed by atoms with Crippen LogP contribution in [0.15, 0.2) is 143 Å². The molecule has 0 saturated heterocycles. The Morgan fingerprint density at radius 1 is 0.720 bits per heavy atom. The van der Waals surface area contributed by atoms with Gasteiger partial charge in [-0.2, -0.15) is 0 Å². The van der Waals surface area contributed by atoms with E-state index in [4.69, 9.17) is 20.8 Å². The van der Waals surface area contributed by atoms with Crippen LogP contribution in [-0.2, 0) is 33.8 Å². The van der Waals surface area contributed by atoms with Crippen molar-refractivity contribution >= 4 is 29.8 Å². The summed E-state index contributed by atoms with van der Waals surface area (Å²) in [5.41, 5.74) is 4.41. The van der Waals surface area contributed by atoms with Gasteiger partial charge in [0.25, 0.3) is 0 Å². The minimum Gasteiger partial charge on any atom is -0.489 e. The van der Waals surface area contributed by atoms with Crippen molar-refractivity contribution in [3.05, 3.63) is 161 Å². The number of ether oxygens (including phenoxy) is 1. The van der Waals surface area contributed by atoms with E-state index in [1.165, 1.54) is 5.56 Å². The maximum Gasteiger partial charge on any atom is 0.206 e. The monoisotopic (exact) mass is 725 g/mol. The Morgan fingerprint density at radius 3 is 1.88 bits per heavy atom. The smallest absolute Gasteiger partial charge is 0.206 e. The lowest BCUT2D eigenvalue weighted by Crippen LogP contribution is -2.44. The molecule has 0 unspecified atom stereocenters. The normalized spacial score (nSPS) is 12.9. The first kappa shape index (κ1) is 37.5. The molecule has 50 heavy (non-hydrogen) atoms. The van der Waals surface area contributed by atoms with Gasteiger partial charge in [-0.3, -0.25) is 4.90 Å². The van der Waals surface area contributed by atoms with Gasteiger partial charge in [0.05, 0.1) is 15.9 Å². The zero-order valence-corrected chi connectivity index (χ0v) is 32.3. The van der Waals surface area contributed by atoms with Crippen molar-refractivity contribution in [2.75, 3.05) is 13.1 Å². The predicted molar refractivity (Wildman–Crippen MR) is 207 cm³/mol. The number of benzene rings is 5. The maximum atomic E-state index is 13.5. The largest absolute Gasteiger partial charge is 0.489 e. The highest BCUT2D eigenvalue weighted by molar-refractivity contribution is 7.91. The minimum atomic E-state index is -3.68. The summed E-state index contributed by atoms with van der Waals surface area (Å²) >= 11 is 6.48. The summed E-state index contributed by atoms with van der Waals surface area (Å²) in [7, 11) is -5.80. The second-order valence-corrected chi connectivity index (χ2v) is 21.4. The van der Waals surface area contributed by atoms with Crippen molar-refractivity contribution in [3.8, 4) is 5.75 Å². The average Bonchev–Trinajstić information content (AvgIpc) is 3.10. The molecule has 5 nitrogen and oxygen atoms in total. The van der Waals surface area contributed by atoms with Crippen molar-refractivity contribution in [1.29, 1.82) is 0 Å². The highest BCUT2D eigenvalue weighted by atomic mass is 35.5. The first-order chi connectivity index (χ1) is 23.8. The van der Waals surface area contributed by atoms with Crippen LogP contribution in [0, 0.1) is 0 Å². The SMILES string of the molecule is CC(C)(C)[Si](C)(C)O[C@@H](CN(CCc1ccc(S(=O)(=O)c2ccc(OCc3ccccc3)cc2)cc1)Cc1ccccc1)c1cccc(Cl)c1. The number of nitrogens with zero attached hydrogens (tertiary/aromatic N) is 1. The number of hydrogen-bond donors (Lipinski definition) is 0. The predicted octanol–water partition coefficient (Wildman–Crippen LogP) is 10.6. The topological polar surface area (TPSA) is 55.8 Å². The summed E-state index contributed by atoms with van der Waals surface area (Å²) in [6.07, 6.45) is 0.601. The average molecular weight is 726 g/mol. The van der Waals surface area contributed by atoms with Crippen LogP contribution in [-0.4, -0.2) is 34.7 Å². The molecule has 0 bridgehead atoms. The lowest BCUT2D eigenvalue weighted by Gasteiger charge is -2.41. The maximum absolute atomic E-state index is 13.5. The van der Waals surface area contributed by atoms with Crippen LogP contribution in [0.2, 0.25) is 23.2 Å². The van der Waals surface area contributed by atoms with Crippen LogP contribution < -0.4 is 4.74 Å². The standard InChI is InChI=1S/C42H48ClNO4SSi/c1-42(2,3)50(4,5)48-41(36-17-12-18-37(43)29-36)31-44(30-34-13-8-6-9-14-34)28-27-33-19-23-39(24-20-33)49(45,46)40-25-21-38(22-26-40)47-32-35-15-10-7-11-16-35/h6-26,29,41H,27-28,30-32H2,1-5H3/t41-/m0/s1. The molecule has 0 aliphatic rings. The Morgan fingerprint density at radius 2 is 1.30 bits per heavy atom. The fraction of sp³-hybridized carbons (Fsp3) is 0.286. The quantitative estimate of drug-likeness (QED) is 0.101. The van der Waals surface area contributed by atoms with E-state index < -0.39 is 18.2 Å². The van der Waals surface area contributed by atoms with Crippen LogP contribution in [0.3, 0.4) is 0 Å². The molecule has 5 aromatic rings. The first-order valence-corrected chi connectivity index (χ1v) is 21.9. The third kappa shape index (κ3) is 10.2. The Kier molecular flexibility index (Phi) is 12.4. The first-order valence-electron chi connectivity index (χ1n) is 17.1. The molecule has 1 atom stereocenters. The third-order valence-electron chi connectivity index (χ3n) is 9.47. The molecular formula is C42H48ClNO4SSi. The summed E-state index contributed by atoms with van der Waals surface area (Å²) in [6.45, 7) is 14.0. The van der Waals surface area contributed by atoms with E-state index in [9.17, 15) is 8.42 Å². The molecule has 0 spiro atoms. The Balaban J connectivity index is 1.29. The number of sulfone groups is 1. The van der Waals surface area contributed by atoms with Gasteiger partial charge in [0.15, 0.2) is 8.32 Å². The van der Waals surface area contributed by atoms with E-state index in [0.29, 0.717) is 23.9 Å². The number of rotatable bonds is 15. The molecule has 5 rings (SSSR count). The molecule has 0 heterocycles. The summed E-state index contributed by atoms with van der Waals surface area (Å²) < 4.78 is 39.9. The summed E-state index contributed by atoms with van der Waals surface area (Å²) in [5.74, 6) is 0.621. The van der Waals surface area contributed by atoms with Gasteiger partial charge in [-0.05, 0) is 95.3 Å². The molecular weight excluding hydrogens is 678 g/mol. The lowest BCUT2D eigenvalue weighted by molar-refractivity contribution is 0.116. The summed E-state index contributed by atoms with van der Waals surface area (Å²) in [4.78, 5) is 2.93. The van der Waals surface area contributed by atoms with Crippen LogP contribution in [0.5, 0.6) is 5.75 Å². The third-order valence-corrected chi connectivity index (χ3v) is 16.0. The van der Waals surface area contributed by atoms with Crippen molar-refractivity contribution in [2.45, 2.75) is 74.4 Å². The zero-order valence-electron chi connectivity index (χ0n) is 29.7. The van der Waals surface area contributed by atoms with Crippen LogP contribution in [0.4, 0.5) is 0 Å². The second kappa shape index (κ2) is 16.5. The van der Waals surface area contributed by atoms with E-state index in [2.05, 4.69) is 69.1 Å². The van der Waals surface area contributed by atoms with Gasteiger partial charge in [0.2, 0.25) is 9.84 Å². The molecule has 5 aromatic carbocycles. The van der Waals surface area contributed by atoms with Crippen molar-refractivity contribution < 1.29 is 17.6 Å². The second-order valence-electron chi connectivity index (χ2n) is 14.3. The Labute approximate surface area is 304 Å². The van der Waals surface area contributed by atoms with Gasteiger partial charge < -0.3 is 9.16 Å².